The molecule has 3 rings (SSSR count). The number of hydrogen-bond donors (Lipinski definition) is 3. The second-order valence-corrected chi connectivity index (χ2v) is 6.62. The molecule has 0 radical (unpaired) electrons. The summed E-state index contributed by atoms with van der Waals surface area (Å²) in [6.45, 7) is 1.42. The van der Waals surface area contributed by atoms with Crippen LogP contribution in [0.15, 0.2) is 23.1 Å². The van der Waals surface area contributed by atoms with Crippen LogP contribution in [0.3, 0.4) is 0 Å². The van der Waals surface area contributed by atoms with Crippen LogP contribution in [0.4, 0.5) is 0 Å². The minimum Gasteiger partial charge on any atom is -0.462 e. The number of hydrogen-bond acceptors (Lipinski definition) is 6. The summed E-state index contributed by atoms with van der Waals surface area (Å²) in [5.41, 5.74) is 0.930. The summed E-state index contributed by atoms with van der Waals surface area (Å²) >= 11 is 0. The van der Waals surface area contributed by atoms with Crippen molar-refractivity contribution in [3.63, 3.8) is 0 Å². The number of fused-ring (bicyclic) bond motifs is 2. The lowest BCUT2D eigenvalue weighted by atomic mass is 10.0. The lowest BCUT2D eigenvalue weighted by Gasteiger charge is -2.43. The first-order chi connectivity index (χ1) is 9.52. The van der Waals surface area contributed by atoms with Crippen LogP contribution in [0.5, 0.6) is 5.75 Å². The van der Waals surface area contributed by atoms with Crippen LogP contribution in [0, 0.1) is 6.92 Å². The van der Waals surface area contributed by atoms with Gasteiger partial charge in [-0.15, -0.1) is 0 Å². The second kappa shape index (κ2) is 5.09. The molecule has 7 heteroatoms. The Balaban J connectivity index is 1.99. The van der Waals surface area contributed by atoms with Crippen LogP contribution in [0.25, 0.3) is 0 Å². The Bertz CT molecular complexity index is 548. The highest BCUT2D eigenvalue weighted by molar-refractivity contribution is 7.86. The van der Waals surface area contributed by atoms with Crippen LogP contribution in [0.2, 0.25) is 0 Å². The summed E-state index contributed by atoms with van der Waals surface area (Å²) < 4.78 is 23.6. The third-order valence-electron chi connectivity index (χ3n) is 3.63. The number of benzene rings is 1. The van der Waals surface area contributed by atoms with Gasteiger partial charge in [-0.2, -0.15) is 0 Å². The molecule has 1 fully saturated rings. The van der Waals surface area contributed by atoms with E-state index in [0.717, 1.165) is 5.56 Å². The summed E-state index contributed by atoms with van der Waals surface area (Å²) in [7, 11) is -1.55. The molecule has 20 heavy (non-hydrogen) atoms. The van der Waals surface area contributed by atoms with E-state index in [1.807, 2.05) is 13.0 Å². The molecule has 110 valence electrons. The minimum absolute atomic E-state index is 0.440. The van der Waals surface area contributed by atoms with Crippen LogP contribution >= 0.6 is 0 Å². The molecule has 1 aromatic carbocycles. The lowest BCUT2D eigenvalue weighted by Crippen LogP contribution is -2.62. The molecule has 0 aliphatic carbocycles. The number of ether oxygens (including phenoxy) is 2. The molecule has 1 saturated heterocycles. The number of aliphatic hydroxyl groups is 3. The zero-order valence-corrected chi connectivity index (χ0v) is 11.6. The summed E-state index contributed by atoms with van der Waals surface area (Å²) in [4.78, 5) is 0.489. The Hall–Kier alpha value is -0.990. The van der Waals surface area contributed by atoms with E-state index >= 15 is 0 Å². The SMILES string of the molecule is Cc1ccc2c(c1)S(=O)[C@H]1[C@@H](O2)O[C@H](CO)[C@H](O)[C@@H]1O. The van der Waals surface area contributed by atoms with Crippen LogP contribution < -0.4 is 4.74 Å². The van der Waals surface area contributed by atoms with E-state index in [9.17, 15) is 14.4 Å². The van der Waals surface area contributed by atoms with Gasteiger partial charge in [0.15, 0.2) is 0 Å². The molecule has 0 spiro atoms. The standard InChI is InChI=1S/C13H16O6S/c1-6-2-3-7-9(4-6)20(17)12-11(16)10(15)8(5-14)19-13(12)18-7/h2-4,8,10-16H,5H2,1H3/t8-,10+,11+,12-,13+,20?/m1/s1. The molecule has 0 amide bonds. The molecule has 1 aromatic rings. The highest BCUT2D eigenvalue weighted by atomic mass is 32.2. The normalized spacial score (nSPS) is 39.6. The van der Waals surface area contributed by atoms with Crippen molar-refractivity contribution in [1.29, 1.82) is 0 Å². The van der Waals surface area contributed by atoms with Crippen LogP contribution in [-0.2, 0) is 15.5 Å². The fourth-order valence-electron chi connectivity index (χ4n) is 2.52. The molecule has 2 heterocycles. The van der Waals surface area contributed by atoms with E-state index in [4.69, 9.17) is 14.6 Å². The summed E-state index contributed by atoms with van der Waals surface area (Å²) in [5.74, 6) is 0.440. The van der Waals surface area contributed by atoms with Gasteiger partial charge in [0.2, 0.25) is 6.29 Å². The van der Waals surface area contributed by atoms with Crippen molar-refractivity contribution in [2.45, 2.75) is 41.7 Å². The summed E-state index contributed by atoms with van der Waals surface area (Å²) in [6.07, 6.45) is -4.46. The largest absolute Gasteiger partial charge is 0.462 e. The van der Waals surface area contributed by atoms with E-state index in [0.29, 0.717) is 10.6 Å². The molecular weight excluding hydrogens is 284 g/mol. The summed E-state index contributed by atoms with van der Waals surface area (Å²) in [5, 5.41) is 28.3. The van der Waals surface area contributed by atoms with E-state index in [1.165, 1.54) is 0 Å². The van der Waals surface area contributed by atoms with Crippen molar-refractivity contribution in [2.24, 2.45) is 0 Å². The van der Waals surface area contributed by atoms with Gasteiger partial charge in [-0.25, -0.2) is 0 Å². The Labute approximate surface area is 118 Å². The Morgan fingerprint density at radius 2 is 2.05 bits per heavy atom. The topological polar surface area (TPSA) is 96.2 Å². The predicted molar refractivity (Wildman–Crippen MR) is 69.8 cm³/mol. The van der Waals surface area contributed by atoms with Crippen molar-refractivity contribution in [2.75, 3.05) is 6.61 Å². The van der Waals surface area contributed by atoms with E-state index < -0.39 is 47.3 Å². The molecular formula is C13H16O6S. The number of rotatable bonds is 1. The highest BCUT2D eigenvalue weighted by Gasteiger charge is 2.51. The average Bonchev–Trinajstić information content (AvgIpc) is 2.43. The third-order valence-corrected chi connectivity index (χ3v) is 5.38. The molecule has 3 N–H and O–H groups in total. The van der Waals surface area contributed by atoms with Gasteiger partial charge in [-0.05, 0) is 24.6 Å². The maximum absolute atomic E-state index is 12.6. The first-order valence-corrected chi connectivity index (χ1v) is 7.54. The fraction of sp³-hybridized carbons (Fsp3) is 0.538. The maximum atomic E-state index is 12.6. The third kappa shape index (κ3) is 2.06. The van der Waals surface area contributed by atoms with Crippen LogP contribution in [0.1, 0.15) is 5.56 Å². The van der Waals surface area contributed by atoms with Gasteiger partial charge in [0, 0.05) is 0 Å². The Kier molecular flexibility index (Phi) is 3.55. The van der Waals surface area contributed by atoms with Crippen molar-refractivity contribution < 1.29 is 29.0 Å². The quantitative estimate of drug-likeness (QED) is 0.635. The smallest absolute Gasteiger partial charge is 0.217 e. The van der Waals surface area contributed by atoms with Gasteiger partial charge in [0.1, 0.15) is 29.3 Å². The van der Waals surface area contributed by atoms with Gasteiger partial charge in [-0.3, -0.25) is 4.21 Å². The van der Waals surface area contributed by atoms with Crippen molar-refractivity contribution in [3.8, 4) is 5.75 Å². The summed E-state index contributed by atoms with van der Waals surface area (Å²) in [6, 6.07) is 5.26. The molecule has 2 aliphatic heterocycles. The number of aliphatic hydroxyl groups excluding tert-OH is 3. The molecule has 0 aromatic heterocycles. The van der Waals surface area contributed by atoms with Gasteiger partial charge in [0.05, 0.1) is 22.3 Å². The first-order valence-electron chi connectivity index (χ1n) is 6.33. The predicted octanol–water partition coefficient (Wildman–Crippen LogP) is -0.697. The van der Waals surface area contributed by atoms with Gasteiger partial charge in [-0.1, -0.05) is 6.07 Å². The van der Waals surface area contributed by atoms with E-state index in [1.54, 1.807) is 12.1 Å². The average molecular weight is 300 g/mol. The van der Waals surface area contributed by atoms with Gasteiger partial charge >= 0.3 is 0 Å². The van der Waals surface area contributed by atoms with Gasteiger partial charge < -0.3 is 24.8 Å². The first kappa shape index (κ1) is 14.0. The molecule has 2 aliphatic rings. The molecule has 0 saturated carbocycles. The van der Waals surface area contributed by atoms with Crippen LogP contribution in [-0.4, -0.2) is 56.0 Å². The maximum Gasteiger partial charge on any atom is 0.217 e. The molecule has 6 atom stereocenters. The van der Waals surface area contributed by atoms with E-state index in [2.05, 4.69) is 0 Å². The fourth-order valence-corrected chi connectivity index (χ4v) is 4.17. The van der Waals surface area contributed by atoms with Crippen molar-refractivity contribution >= 4 is 10.8 Å². The Morgan fingerprint density at radius 3 is 2.75 bits per heavy atom. The number of aryl methyl sites for hydroxylation is 1. The highest BCUT2D eigenvalue weighted by Crippen LogP contribution is 2.38. The van der Waals surface area contributed by atoms with Crippen molar-refractivity contribution in [1.82, 2.24) is 0 Å². The monoisotopic (exact) mass is 300 g/mol. The Morgan fingerprint density at radius 1 is 1.30 bits per heavy atom. The van der Waals surface area contributed by atoms with E-state index in [-0.39, 0.29) is 0 Å². The van der Waals surface area contributed by atoms with Crippen molar-refractivity contribution in [3.05, 3.63) is 23.8 Å². The zero-order chi connectivity index (χ0) is 14.4. The lowest BCUT2D eigenvalue weighted by molar-refractivity contribution is -0.228. The molecule has 1 unspecified atom stereocenters. The zero-order valence-electron chi connectivity index (χ0n) is 10.8. The molecule has 6 nitrogen and oxygen atoms in total. The second-order valence-electron chi connectivity index (χ2n) is 5.04. The van der Waals surface area contributed by atoms with Gasteiger partial charge in [0.25, 0.3) is 0 Å². The minimum atomic E-state index is -1.55. The molecule has 0 bridgehead atoms.